The molecular weight excluding hydrogens is 581 g/mol. The van der Waals surface area contributed by atoms with Gasteiger partial charge in [0.15, 0.2) is 0 Å². The summed E-state index contributed by atoms with van der Waals surface area (Å²) in [5, 5.41) is 29.2. The SMILES string of the molecule is N#Cc1cnc2c(Cl)cc(N[C@@H](c3ccccc3)c3cn([C@@H]4CCNC[C@H]4F)nn3)cc2c1Nc1ccc(F)c(Cl)c1. The molecule has 1 saturated heterocycles. The largest absolute Gasteiger partial charge is 0.373 e. The predicted octanol–water partition coefficient (Wildman–Crippen LogP) is 6.96. The van der Waals surface area contributed by atoms with Crippen LogP contribution in [0.3, 0.4) is 0 Å². The minimum atomic E-state index is -1.07. The van der Waals surface area contributed by atoms with Crippen LogP contribution in [0, 0.1) is 17.1 Å². The van der Waals surface area contributed by atoms with Crippen LogP contribution >= 0.6 is 23.2 Å². The Morgan fingerprint density at radius 1 is 1.07 bits per heavy atom. The Bertz CT molecular complexity index is 1790. The lowest BCUT2D eigenvalue weighted by atomic mass is 10.0. The maximum Gasteiger partial charge on any atom is 0.141 e. The molecule has 0 saturated carbocycles. The van der Waals surface area contributed by atoms with Gasteiger partial charge in [-0.15, -0.1) is 5.10 Å². The summed E-state index contributed by atoms with van der Waals surface area (Å²) in [6.07, 6.45) is 2.74. The van der Waals surface area contributed by atoms with Gasteiger partial charge < -0.3 is 16.0 Å². The molecule has 5 aromatic rings. The lowest BCUT2D eigenvalue weighted by molar-refractivity contribution is 0.171. The van der Waals surface area contributed by atoms with Crippen molar-refractivity contribution >= 4 is 51.2 Å². The van der Waals surface area contributed by atoms with Crippen LogP contribution in [0.4, 0.5) is 25.8 Å². The van der Waals surface area contributed by atoms with Gasteiger partial charge in [-0.25, -0.2) is 13.5 Å². The van der Waals surface area contributed by atoms with Crippen molar-refractivity contribution in [2.24, 2.45) is 0 Å². The van der Waals surface area contributed by atoms with Gasteiger partial charge in [-0.3, -0.25) is 4.98 Å². The number of hydrogen-bond donors (Lipinski definition) is 3. The number of anilines is 3. The monoisotopic (exact) mass is 604 g/mol. The van der Waals surface area contributed by atoms with Gasteiger partial charge in [0.05, 0.1) is 45.1 Å². The minimum absolute atomic E-state index is 0.0559. The second-order valence-electron chi connectivity index (χ2n) is 9.95. The fourth-order valence-corrected chi connectivity index (χ4v) is 5.56. The zero-order valence-corrected chi connectivity index (χ0v) is 23.5. The summed E-state index contributed by atoms with van der Waals surface area (Å²) in [5.74, 6) is -0.553. The number of aromatic nitrogens is 4. The number of benzene rings is 3. The molecule has 0 radical (unpaired) electrons. The Morgan fingerprint density at radius 3 is 2.64 bits per heavy atom. The van der Waals surface area contributed by atoms with Gasteiger partial charge in [-0.05, 0) is 48.9 Å². The van der Waals surface area contributed by atoms with E-state index in [1.807, 2.05) is 36.4 Å². The highest BCUT2D eigenvalue weighted by molar-refractivity contribution is 6.36. The van der Waals surface area contributed by atoms with Gasteiger partial charge in [0.25, 0.3) is 0 Å². The number of alkyl halides is 1. The van der Waals surface area contributed by atoms with Gasteiger partial charge in [0.1, 0.15) is 23.8 Å². The van der Waals surface area contributed by atoms with E-state index in [-0.39, 0.29) is 17.1 Å². The van der Waals surface area contributed by atoms with Crippen LogP contribution in [-0.4, -0.2) is 39.2 Å². The quantitative estimate of drug-likeness (QED) is 0.184. The molecule has 0 spiro atoms. The Balaban J connectivity index is 1.41. The number of pyridine rings is 1. The summed E-state index contributed by atoms with van der Waals surface area (Å²) in [7, 11) is 0. The van der Waals surface area contributed by atoms with E-state index < -0.39 is 24.1 Å². The highest BCUT2D eigenvalue weighted by Crippen LogP contribution is 2.37. The Kier molecular flexibility index (Phi) is 7.89. The maximum absolute atomic E-state index is 14.7. The summed E-state index contributed by atoms with van der Waals surface area (Å²) < 4.78 is 30.1. The number of halogens is 4. The summed E-state index contributed by atoms with van der Waals surface area (Å²) in [6.45, 7) is 0.977. The molecule has 0 bridgehead atoms. The summed E-state index contributed by atoms with van der Waals surface area (Å²) in [5.41, 5.74) is 3.80. The third-order valence-corrected chi connectivity index (χ3v) is 7.79. The number of nitriles is 1. The predicted molar refractivity (Wildman–Crippen MR) is 160 cm³/mol. The van der Waals surface area contributed by atoms with Crippen LogP contribution in [0.2, 0.25) is 10.0 Å². The van der Waals surface area contributed by atoms with Crippen molar-refractivity contribution in [3.63, 3.8) is 0 Å². The van der Waals surface area contributed by atoms with Crippen LogP contribution in [0.1, 0.15) is 35.3 Å². The molecule has 3 heterocycles. The molecule has 0 aliphatic carbocycles. The first-order valence-electron chi connectivity index (χ1n) is 13.2. The summed E-state index contributed by atoms with van der Waals surface area (Å²) in [6, 6.07) is 18.8. The fraction of sp³-hybridized carbons (Fsp3) is 0.200. The maximum atomic E-state index is 14.7. The number of rotatable bonds is 7. The average Bonchev–Trinajstić information content (AvgIpc) is 3.48. The summed E-state index contributed by atoms with van der Waals surface area (Å²) >= 11 is 12.7. The second kappa shape index (κ2) is 11.9. The van der Waals surface area contributed by atoms with E-state index in [0.717, 1.165) is 5.56 Å². The highest BCUT2D eigenvalue weighted by Gasteiger charge is 2.28. The lowest BCUT2D eigenvalue weighted by Gasteiger charge is -2.26. The van der Waals surface area contributed by atoms with Crippen LogP contribution < -0.4 is 16.0 Å². The van der Waals surface area contributed by atoms with Crippen LogP contribution in [-0.2, 0) is 0 Å². The van der Waals surface area contributed by atoms with Crippen LogP contribution in [0.25, 0.3) is 10.9 Å². The van der Waals surface area contributed by atoms with Gasteiger partial charge in [-0.1, -0.05) is 58.7 Å². The summed E-state index contributed by atoms with van der Waals surface area (Å²) in [4.78, 5) is 4.41. The molecule has 0 unspecified atom stereocenters. The Hall–Kier alpha value is -4.30. The molecule has 8 nitrogen and oxygen atoms in total. The van der Waals surface area contributed by atoms with Crippen molar-refractivity contribution in [2.45, 2.75) is 24.7 Å². The minimum Gasteiger partial charge on any atom is -0.373 e. The highest BCUT2D eigenvalue weighted by atomic mass is 35.5. The second-order valence-corrected chi connectivity index (χ2v) is 10.8. The van der Waals surface area contributed by atoms with E-state index in [9.17, 15) is 14.0 Å². The lowest BCUT2D eigenvalue weighted by Crippen LogP contribution is -2.39. The molecule has 2 aromatic heterocycles. The third kappa shape index (κ3) is 5.59. The van der Waals surface area contributed by atoms with Crippen molar-refractivity contribution in [1.82, 2.24) is 25.3 Å². The standard InChI is InChI=1S/C30H24Cl2F2N8/c31-22-11-19(6-7-24(22)33)38-28-18(13-35)14-37-30-21(28)10-20(12-23(30)32)39-29(17-4-2-1-3-5-17)26-16-42(41-40-26)27-8-9-36-15-25(27)34/h1-7,10-12,14,16,25,27,29,36,39H,8-9,15H2,(H,37,38)/t25-,27-,29+/m1/s1. The topological polar surface area (TPSA) is 103 Å². The number of nitrogens with one attached hydrogen (secondary N) is 3. The van der Waals surface area contributed by atoms with E-state index in [0.29, 0.717) is 51.6 Å². The number of fused-ring (bicyclic) bond motifs is 1. The molecule has 6 rings (SSSR count). The van der Waals surface area contributed by atoms with Crippen molar-refractivity contribution < 1.29 is 8.78 Å². The van der Waals surface area contributed by atoms with E-state index in [1.165, 1.54) is 24.4 Å². The average molecular weight is 605 g/mol. The molecule has 1 fully saturated rings. The molecule has 212 valence electrons. The molecule has 1 aliphatic heterocycles. The first-order valence-corrected chi connectivity index (χ1v) is 14.0. The molecule has 1 aliphatic rings. The van der Waals surface area contributed by atoms with Gasteiger partial charge >= 0.3 is 0 Å². The first-order chi connectivity index (χ1) is 20.4. The van der Waals surface area contributed by atoms with Crippen molar-refractivity contribution in [3.05, 3.63) is 106 Å². The Labute approximate surface area is 250 Å². The van der Waals surface area contributed by atoms with E-state index >= 15 is 0 Å². The van der Waals surface area contributed by atoms with E-state index in [2.05, 4.69) is 37.3 Å². The van der Waals surface area contributed by atoms with Gasteiger partial charge in [0.2, 0.25) is 0 Å². The smallest absolute Gasteiger partial charge is 0.141 e. The van der Waals surface area contributed by atoms with Crippen molar-refractivity contribution in [3.8, 4) is 6.07 Å². The van der Waals surface area contributed by atoms with Crippen molar-refractivity contribution in [2.75, 3.05) is 23.7 Å². The Morgan fingerprint density at radius 2 is 1.88 bits per heavy atom. The molecule has 3 aromatic carbocycles. The van der Waals surface area contributed by atoms with E-state index in [4.69, 9.17) is 23.2 Å². The van der Waals surface area contributed by atoms with E-state index in [1.54, 1.807) is 16.9 Å². The van der Waals surface area contributed by atoms with Crippen LogP contribution in [0.5, 0.6) is 0 Å². The van der Waals surface area contributed by atoms with Gasteiger partial charge in [-0.2, -0.15) is 5.26 Å². The molecule has 3 N–H and O–H groups in total. The molecule has 3 atom stereocenters. The number of hydrogen-bond acceptors (Lipinski definition) is 7. The third-order valence-electron chi connectivity index (χ3n) is 7.22. The fourth-order valence-electron chi connectivity index (χ4n) is 5.11. The van der Waals surface area contributed by atoms with Crippen LogP contribution in [0.15, 0.2) is 73.1 Å². The molecule has 42 heavy (non-hydrogen) atoms. The van der Waals surface area contributed by atoms with Crippen molar-refractivity contribution in [1.29, 1.82) is 5.26 Å². The normalized spacial score (nSPS) is 17.5. The molecule has 12 heteroatoms. The van der Waals surface area contributed by atoms with Gasteiger partial charge in [0, 0.05) is 29.5 Å². The molecular formula is C30H24Cl2F2N8. The zero-order chi connectivity index (χ0) is 29.2. The zero-order valence-electron chi connectivity index (χ0n) is 22.0. The first kappa shape index (κ1) is 27.8. The number of nitrogens with zero attached hydrogens (tertiary/aromatic N) is 5. The molecule has 0 amide bonds. The number of piperidine rings is 1.